The van der Waals surface area contributed by atoms with Gasteiger partial charge in [-0.3, -0.25) is 0 Å². The highest BCUT2D eigenvalue weighted by Crippen LogP contribution is 2.28. The molecular weight excluding hydrogens is 450 g/mol. The smallest absolute Gasteiger partial charge is 0.339 e. The summed E-state index contributed by atoms with van der Waals surface area (Å²) < 4.78 is 5.75. The Bertz CT molecular complexity index is 1020. The van der Waals surface area contributed by atoms with Gasteiger partial charge in [-0.25, -0.2) is 4.79 Å². The van der Waals surface area contributed by atoms with E-state index < -0.39 is 12.1 Å². The summed E-state index contributed by atoms with van der Waals surface area (Å²) >= 11 is 0. The van der Waals surface area contributed by atoms with E-state index in [1.165, 1.54) is 5.56 Å². The maximum Gasteiger partial charge on any atom is 0.339 e. The number of aliphatic hydroxyl groups excluding tert-OH is 1. The van der Waals surface area contributed by atoms with E-state index in [9.17, 15) is 15.0 Å². The number of aliphatic hydroxyl groups is 1. The van der Waals surface area contributed by atoms with Gasteiger partial charge in [0.2, 0.25) is 0 Å². The van der Waals surface area contributed by atoms with Gasteiger partial charge in [0, 0.05) is 12.6 Å². The van der Waals surface area contributed by atoms with Gasteiger partial charge in [-0.05, 0) is 54.2 Å². The van der Waals surface area contributed by atoms with Gasteiger partial charge in [-0.15, -0.1) is 12.4 Å². The van der Waals surface area contributed by atoms with Crippen molar-refractivity contribution < 1.29 is 19.7 Å². The van der Waals surface area contributed by atoms with E-state index in [2.05, 4.69) is 31.3 Å². The molecule has 2 atom stereocenters. The molecule has 0 aliphatic heterocycles. The average Bonchev–Trinajstić information content (AvgIpc) is 2.83. The highest BCUT2D eigenvalue weighted by Gasteiger charge is 2.13. The Morgan fingerprint density at radius 1 is 1.00 bits per heavy atom. The zero-order valence-corrected chi connectivity index (χ0v) is 20.6. The van der Waals surface area contributed by atoms with Crippen molar-refractivity contribution in [3.63, 3.8) is 0 Å². The minimum absolute atomic E-state index is 0. The Balaban J connectivity index is 0.00000408. The van der Waals surface area contributed by atoms with Crippen LogP contribution in [0.3, 0.4) is 0 Å². The lowest BCUT2D eigenvalue weighted by Crippen LogP contribution is -2.32. The van der Waals surface area contributed by atoms with Crippen LogP contribution in [0.25, 0.3) is 11.1 Å². The van der Waals surface area contributed by atoms with Crippen LogP contribution in [0.1, 0.15) is 54.3 Å². The molecule has 3 aromatic carbocycles. The molecule has 0 aliphatic rings. The summed E-state index contributed by atoms with van der Waals surface area (Å²) in [6.07, 6.45) is 2.18. The van der Waals surface area contributed by atoms with Crippen molar-refractivity contribution in [2.75, 3.05) is 13.2 Å². The van der Waals surface area contributed by atoms with Crippen LogP contribution in [-0.2, 0) is 6.42 Å². The van der Waals surface area contributed by atoms with Crippen LogP contribution in [0.4, 0.5) is 0 Å². The summed E-state index contributed by atoms with van der Waals surface area (Å²) in [4.78, 5) is 11.5. The van der Waals surface area contributed by atoms with Crippen LogP contribution in [0.5, 0.6) is 5.75 Å². The molecule has 0 unspecified atom stereocenters. The number of aromatic carboxylic acids is 1. The number of carboxylic acids is 1. The van der Waals surface area contributed by atoms with Gasteiger partial charge in [0.05, 0.1) is 12.7 Å². The molecule has 0 saturated heterocycles. The number of benzene rings is 3. The van der Waals surface area contributed by atoms with E-state index in [1.807, 2.05) is 54.6 Å². The number of carboxylic acid groups (broad SMARTS) is 1. The van der Waals surface area contributed by atoms with Gasteiger partial charge in [0.25, 0.3) is 0 Å². The molecule has 3 N–H and O–H groups in total. The number of unbranched alkanes of at least 4 members (excludes halogenated alkanes) is 1. The third-order valence-electron chi connectivity index (χ3n) is 5.64. The van der Waals surface area contributed by atoms with E-state index in [-0.39, 0.29) is 24.0 Å². The molecule has 34 heavy (non-hydrogen) atoms. The first-order valence-corrected chi connectivity index (χ1v) is 11.5. The zero-order valence-electron chi connectivity index (χ0n) is 19.7. The largest absolute Gasteiger partial charge is 0.493 e. The zero-order chi connectivity index (χ0) is 23.6. The van der Waals surface area contributed by atoms with Gasteiger partial charge in [0.15, 0.2) is 0 Å². The molecule has 3 rings (SSSR count). The van der Waals surface area contributed by atoms with Crippen LogP contribution < -0.4 is 10.1 Å². The molecule has 6 heteroatoms. The standard InChI is InChI=1S/C28H33NO4.ClH/c1-3-4-16-33-27-18-24(14-15-25(27)28(31)32)22-12-10-21(11-13-22)17-20(2)29-19-26(30)23-8-6-5-7-9-23;/h5-15,18,20,26,29-30H,3-4,16-17,19H2,1-2H3,(H,31,32);1H/t20-,26+;/m1./s1. The Kier molecular flexibility index (Phi) is 11.1. The minimum atomic E-state index is -0.984. The summed E-state index contributed by atoms with van der Waals surface area (Å²) in [5.74, 6) is -0.574. The van der Waals surface area contributed by atoms with Gasteiger partial charge < -0.3 is 20.3 Å². The molecule has 0 aromatic heterocycles. The number of hydrogen-bond acceptors (Lipinski definition) is 4. The fourth-order valence-corrected chi connectivity index (χ4v) is 3.69. The molecule has 0 aliphatic carbocycles. The number of nitrogens with one attached hydrogen (secondary N) is 1. The molecule has 5 nitrogen and oxygen atoms in total. The lowest BCUT2D eigenvalue weighted by molar-refractivity contribution is 0.0692. The Morgan fingerprint density at radius 2 is 1.68 bits per heavy atom. The molecule has 0 heterocycles. The van der Waals surface area contributed by atoms with E-state index in [0.29, 0.717) is 18.9 Å². The number of rotatable bonds is 12. The van der Waals surface area contributed by atoms with Crippen molar-refractivity contribution in [1.29, 1.82) is 0 Å². The van der Waals surface area contributed by atoms with Crippen LogP contribution in [0.15, 0.2) is 72.8 Å². The van der Waals surface area contributed by atoms with E-state index >= 15 is 0 Å². The minimum Gasteiger partial charge on any atom is -0.493 e. The first kappa shape index (κ1) is 27.4. The maximum atomic E-state index is 11.5. The van der Waals surface area contributed by atoms with Crippen LogP contribution in [0.2, 0.25) is 0 Å². The highest BCUT2D eigenvalue weighted by molar-refractivity contribution is 5.92. The Morgan fingerprint density at radius 3 is 2.32 bits per heavy atom. The Labute approximate surface area is 208 Å². The Hall–Kier alpha value is -2.86. The normalized spacial score (nSPS) is 12.4. The van der Waals surface area contributed by atoms with Crippen LogP contribution in [-0.4, -0.2) is 35.4 Å². The second-order valence-corrected chi connectivity index (χ2v) is 8.35. The third-order valence-corrected chi connectivity index (χ3v) is 5.64. The monoisotopic (exact) mass is 483 g/mol. The van der Waals surface area contributed by atoms with Crippen molar-refractivity contribution in [3.8, 4) is 16.9 Å². The fraction of sp³-hybridized carbons (Fsp3) is 0.321. The van der Waals surface area contributed by atoms with Gasteiger partial charge >= 0.3 is 5.97 Å². The summed E-state index contributed by atoms with van der Waals surface area (Å²) in [5, 5.41) is 23.2. The second-order valence-electron chi connectivity index (χ2n) is 8.35. The number of halogens is 1. The lowest BCUT2D eigenvalue weighted by atomic mass is 9.99. The van der Waals surface area contributed by atoms with Crippen molar-refractivity contribution in [2.24, 2.45) is 0 Å². The quantitative estimate of drug-likeness (QED) is 0.279. The number of hydrogen-bond donors (Lipinski definition) is 3. The molecule has 182 valence electrons. The SMILES string of the molecule is CCCCOc1cc(-c2ccc(C[C@@H](C)NC[C@H](O)c3ccccc3)cc2)ccc1C(=O)O.Cl. The van der Waals surface area contributed by atoms with Gasteiger partial charge in [-0.2, -0.15) is 0 Å². The van der Waals surface area contributed by atoms with Crippen LogP contribution in [0, 0.1) is 0 Å². The summed E-state index contributed by atoms with van der Waals surface area (Å²) in [7, 11) is 0. The second kappa shape index (κ2) is 13.8. The van der Waals surface area contributed by atoms with Gasteiger partial charge in [-0.1, -0.05) is 74.0 Å². The maximum absolute atomic E-state index is 11.5. The number of ether oxygens (including phenoxy) is 1. The molecule has 3 aromatic rings. The van der Waals surface area contributed by atoms with E-state index in [4.69, 9.17) is 4.74 Å². The summed E-state index contributed by atoms with van der Waals surface area (Å²) in [6.45, 7) is 5.18. The average molecular weight is 484 g/mol. The van der Waals surface area contributed by atoms with Crippen molar-refractivity contribution in [2.45, 2.75) is 45.3 Å². The highest BCUT2D eigenvalue weighted by atomic mass is 35.5. The fourth-order valence-electron chi connectivity index (χ4n) is 3.69. The summed E-state index contributed by atoms with van der Waals surface area (Å²) in [5.41, 5.74) is 4.22. The molecule has 0 saturated carbocycles. The molecule has 0 bridgehead atoms. The third kappa shape index (κ3) is 7.87. The van der Waals surface area contributed by atoms with E-state index in [1.54, 1.807) is 6.07 Å². The first-order valence-electron chi connectivity index (χ1n) is 11.5. The lowest BCUT2D eigenvalue weighted by Gasteiger charge is -2.18. The van der Waals surface area contributed by atoms with Crippen molar-refractivity contribution in [3.05, 3.63) is 89.5 Å². The van der Waals surface area contributed by atoms with Crippen molar-refractivity contribution >= 4 is 18.4 Å². The van der Waals surface area contributed by atoms with E-state index in [0.717, 1.165) is 36.0 Å². The number of carbonyl (C=O) groups is 1. The summed E-state index contributed by atoms with van der Waals surface area (Å²) in [6, 6.07) is 23.4. The molecule has 0 fully saturated rings. The molecule has 0 amide bonds. The predicted molar refractivity (Wildman–Crippen MR) is 139 cm³/mol. The first-order chi connectivity index (χ1) is 16.0. The van der Waals surface area contributed by atoms with Crippen LogP contribution >= 0.6 is 12.4 Å². The van der Waals surface area contributed by atoms with Gasteiger partial charge in [0.1, 0.15) is 11.3 Å². The predicted octanol–water partition coefficient (Wildman–Crippen LogP) is 5.91. The molecule has 0 spiro atoms. The van der Waals surface area contributed by atoms with Crippen molar-refractivity contribution in [1.82, 2.24) is 5.32 Å². The molecular formula is C28H34ClNO4. The topological polar surface area (TPSA) is 78.8 Å². The molecule has 0 radical (unpaired) electrons.